The summed E-state index contributed by atoms with van der Waals surface area (Å²) in [6.45, 7) is 0.561. The number of halogens is 1. The third kappa shape index (κ3) is 5.87. The van der Waals surface area contributed by atoms with Gasteiger partial charge in [0.2, 0.25) is 5.91 Å². The molecule has 2 aromatic carbocycles. The quantitative estimate of drug-likeness (QED) is 0.598. The van der Waals surface area contributed by atoms with Gasteiger partial charge in [-0.3, -0.25) is 14.5 Å². The summed E-state index contributed by atoms with van der Waals surface area (Å²) in [5, 5.41) is 0. The van der Waals surface area contributed by atoms with Crippen LogP contribution in [-0.2, 0) is 27.7 Å². The molecule has 0 fully saturated rings. The third-order valence-electron chi connectivity index (χ3n) is 4.54. The largest absolute Gasteiger partial charge is 0.345 e. The zero-order chi connectivity index (χ0) is 21.6. The van der Waals surface area contributed by atoms with Gasteiger partial charge in [-0.1, -0.05) is 18.2 Å². The molecule has 8 heteroatoms. The van der Waals surface area contributed by atoms with E-state index in [1.807, 2.05) is 18.2 Å². The molecule has 3 rings (SSSR count). The Morgan fingerprint density at radius 3 is 2.37 bits per heavy atom. The molecule has 1 aromatic heterocycles. The van der Waals surface area contributed by atoms with E-state index >= 15 is 0 Å². The minimum Gasteiger partial charge on any atom is -0.345 e. The lowest BCUT2D eigenvalue weighted by atomic mass is 10.1. The molecule has 30 heavy (non-hydrogen) atoms. The van der Waals surface area contributed by atoms with Crippen molar-refractivity contribution in [3.05, 3.63) is 90.0 Å². The minimum absolute atomic E-state index is 0.0299. The monoisotopic (exact) mass is 427 g/mol. The van der Waals surface area contributed by atoms with Gasteiger partial charge in [-0.15, -0.1) is 0 Å². The van der Waals surface area contributed by atoms with Crippen LogP contribution in [0, 0.1) is 5.82 Å². The van der Waals surface area contributed by atoms with Crippen molar-refractivity contribution in [3.8, 4) is 0 Å². The predicted octanol–water partition coefficient (Wildman–Crippen LogP) is 3.27. The Morgan fingerprint density at radius 1 is 1.03 bits per heavy atom. The molecule has 1 heterocycles. The number of benzene rings is 2. The summed E-state index contributed by atoms with van der Waals surface area (Å²) in [7, 11) is -2.06. The molecule has 0 atom stereocenters. The number of hydrogen-bond acceptors (Lipinski definition) is 4. The van der Waals surface area contributed by atoms with E-state index in [0.717, 1.165) is 23.4 Å². The van der Waals surface area contributed by atoms with E-state index in [9.17, 15) is 17.6 Å². The van der Waals surface area contributed by atoms with Crippen LogP contribution in [0.5, 0.6) is 0 Å². The molecule has 0 radical (unpaired) electrons. The Morgan fingerprint density at radius 2 is 1.73 bits per heavy atom. The highest BCUT2D eigenvalue weighted by molar-refractivity contribution is 7.92. The van der Waals surface area contributed by atoms with Gasteiger partial charge in [0.25, 0.3) is 10.0 Å². The molecular weight excluding hydrogens is 405 g/mol. The van der Waals surface area contributed by atoms with Crippen LogP contribution < -0.4 is 4.72 Å². The second kappa shape index (κ2) is 9.49. The van der Waals surface area contributed by atoms with Crippen LogP contribution in [-0.4, -0.2) is 37.8 Å². The van der Waals surface area contributed by atoms with Crippen molar-refractivity contribution < 1.29 is 17.6 Å². The molecule has 0 aliphatic heterocycles. The summed E-state index contributed by atoms with van der Waals surface area (Å²) < 4.78 is 40.1. The lowest BCUT2D eigenvalue weighted by Gasteiger charge is -2.17. The van der Waals surface area contributed by atoms with Crippen LogP contribution in [0.4, 0.5) is 10.1 Å². The van der Waals surface area contributed by atoms with Crippen molar-refractivity contribution in [1.82, 2.24) is 9.88 Å². The van der Waals surface area contributed by atoms with Gasteiger partial charge in [-0.25, -0.2) is 12.8 Å². The molecular formula is C22H22FN3O3S. The molecule has 0 saturated carbocycles. The standard InChI is InChI=1S/C22H22FN3O3S/c1-26(15-13-19-4-2-3-14-24-19)22(27)16-17-5-9-20(10-6-17)25-30(28,29)21-11-7-18(23)8-12-21/h2-12,14,25H,13,15-16H2,1H3. The first kappa shape index (κ1) is 21.4. The fraction of sp³-hybridized carbons (Fsp3) is 0.182. The molecule has 0 aliphatic rings. The summed E-state index contributed by atoms with van der Waals surface area (Å²) in [4.78, 5) is 18.3. The summed E-state index contributed by atoms with van der Waals surface area (Å²) in [6.07, 6.45) is 2.61. The van der Waals surface area contributed by atoms with Crippen molar-refractivity contribution in [2.24, 2.45) is 0 Å². The van der Waals surface area contributed by atoms with Crippen LogP contribution in [0.2, 0.25) is 0 Å². The highest BCUT2D eigenvalue weighted by atomic mass is 32.2. The number of nitrogens with one attached hydrogen (secondary N) is 1. The number of likely N-dealkylation sites (N-methyl/N-ethyl adjacent to an activating group) is 1. The topological polar surface area (TPSA) is 79.4 Å². The summed E-state index contributed by atoms with van der Waals surface area (Å²) >= 11 is 0. The Bertz CT molecular complexity index is 1090. The minimum atomic E-state index is -3.81. The second-order valence-electron chi connectivity index (χ2n) is 6.82. The van der Waals surface area contributed by atoms with Gasteiger partial charge in [-0.2, -0.15) is 0 Å². The van der Waals surface area contributed by atoms with E-state index in [0.29, 0.717) is 18.7 Å². The van der Waals surface area contributed by atoms with E-state index < -0.39 is 15.8 Å². The average molecular weight is 428 g/mol. The van der Waals surface area contributed by atoms with Crippen LogP contribution in [0.3, 0.4) is 0 Å². The predicted molar refractivity (Wildman–Crippen MR) is 113 cm³/mol. The lowest BCUT2D eigenvalue weighted by Crippen LogP contribution is -2.30. The average Bonchev–Trinajstić information content (AvgIpc) is 2.74. The molecule has 0 saturated heterocycles. The van der Waals surface area contributed by atoms with Crippen LogP contribution >= 0.6 is 0 Å². The van der Waals surface area contributed by atoms with Crippen molar-refractivity contribution in [2.45, 2.75) is 17.7 Å². The number of rotatable bonds is 8. The van der Waals surface area contributed by atoms with E-state index in [-0.39, 0.29) is 17.2 Å². The maximum Gasteiger partial charge on any atom is 0.261 e. The first-order chi connectivity index (χ1) is 14.3. The fourth-order valence-corrected chi connectivity index (χ4v) is 3.84. The molecule has 1 amide bonds. The zero-order valence-electron chi connectivity index (χ0n) is 16.5. The second-order valence-corrected chi connectivity index (χ2v) is 8.50. The summed E-state index contributed by atoms with van der Waals surface area (Å²) in [5.41, 5.74) is 2.06. The van der Waals surface area contributed by atoms with Crippen molar-refractivity contribution in [3.63, 3.8) is 0 Å². The molecule has 0 bridgehead atoms. The van der Waals surface area contributed by atoms with Gasteiger partial charge in [0.15, 0.2) is 0 Å². The number of nitrogens with zero attached hydrogens (tertiary/aromatic N) is 2. The first-order valence-electron chi connectivity index (χ1n) is 9.35. The Kier molecular flexibility index (Phi) is 6.79. The van der Waals surface area contributed by atoms with E-state index in [4.69, 9.17) is 0 Å². The Hall–Kier alpha value is -3.26. The highest BCUT2D eigenvalue weighted by Crippen LogP contribution is 2.17. The van der Waals surface area contributed by atoms with Crippen molar-refractivity contribution in [2.75, 3.05) is 18.3 Å². The maximum atomic E-state index is 13.0. The molecule has 3 aromatic rings. The fourth-order valence-electron chi connectivity index (χ4n) is 2.78. The SMILES string of the molecule is CN(CCc1ccccn1)C(=O)Cc1ccc(NS(=O)(=O)c2ccc(F)cc2)cc1. The smallest absolute Gasteiger partial charge is 0.261 e. The number of hydrogen-bond donors (Lipinski definition) is 1. The van der Waals surface area contributed by atoms with E-state index in [1.54, 1.807) is 42.4 Å². The lowest BCUT2D eigenvalue weighted by molar-refractivity contribution is -0.129. The maximum absolute atomic E-state index is 13.0. The molecule has 0 aliphatic carbocycles. The third-order valence-corrected chi connectivity index (χ3v) is 5.94. The van der Waals surface area contributed by atoms with E-state index in [2.05, 4.69) is 9.71 Å². The molecule has 0 spiro atoms. The van der Waals surface area contributed by atoms with Crippen LogP contribution in [0.15, 0.2) is 77.8 Å². The van der Waals surface area contributed by atoms with Gasteiger partial charge in [0.05, 0.1) is 11.3 Å². The van der Waals surface area contributed by atoms with Gasteiger partial charge in [-0.05, 0) is 54.1 Å². The van der Waals surface area contributed by atoms with E-state index in [1.165, 1.54) is 12.1 Å². The summed E-state index contributed by atoms with van der Waals surface area (Å²) in [6, 6.07) is 16.9. The number of pyridine rings is 1. The van der Waals surface area contributed by atoms with Gasteiger partial charge < -0.3 is 4.90 Å². The highest BCUT2D eigenvalue weighted by Gasteiger charge is 2.15. The number of aromatic nitrogens is 1. The van der Waals surface area contributed by atoms with Crippen molar-refractivity contribution >= 4 is 21.6 Å². The first-order valence-corrected chi connectivity index (χ1v) is 10.8. The van der Waals surface area contributed by atoms with Crippen LogP contribution in [0.1, 0.15) is 11.3 Å². The number of carbonyl (C=O) groups excluding carboxylic acids is 1. The Labute approximate surface area is 175 Å². The van der Waals surface area contributed by atoms with Gasteiger partial charge >= 0.3 is 0 Å². The summed E-state index contributed by atoms with van der Waals surface area (Å²) in [5.74, 6) is -0.543. The molecule has 1 N–H and O–H groups in total. The number of carbonyl (C=O) groups is 1. The molecule has 6 nitrogen and oxygen atoms in total. The zero-order valence-corrected chi connectivity index (χ0v) is 17.3. The number of anilines is 1. The molecule has 156 valence electrons. The van der Waals surface area contributed by atoms with Gasteiger partial charge in [0, 0.05) is 37.6 Å². The van der Waals surface area contributed by atoms with Crippen molar-refractivity contribution in [1.29, 1.82) is 0 Å². The number of sulfonamides is 1. The number of amides is 1. The van der Waals surface area contributed by atoms with Crippen LogP contribution in [0.25, 0.3) is 0 Å². The Balaban J connectivity index is 1.56. The normalized spacial score (nSPS) is 11.1. The molecule has 0 unspecified atom stereocenters. The van der Waals surface area contributed by atoms with Gasteiger partial charge in [0.1, 0.15) is 5.82 Å².